The summed E-state index contributed by atoms with van der Waals surface area (Å²) in [6.45, 7) is 2.93. The Balaban J connectivity index is 1.78. The fourth-order valence-corrected chi connectivity index (χ4v) is 3.62. The second-order valence-electron chi connectivity index (χ2n) is 6.51. The average molecular weight is 340 g/mol. The number of aromatic nitrogens is 1. The molecule has 1 saturated heterocycles. The van der Waals surface area contributed by atoms with Crippen LogP contribution in [0.15, 0.2) is 36.5 Å². The lowest BCUT2D eigenvalue weighted by molar-refractivity contribution is -0.142. The van der Waals surface area contributed by atoms with Gasteiger partial charge in [0.2, 0.25) is 6.79 Å². The Labute approximate surface area is 146 Å². The largest absolute Gasteiger partial charge is 0.480 e. The van der Waals surface area contributed by atoms with Crippen LogP contribution in [-0.4, -0.2) is 40.3 Å². The third-order valence-corrected chi connectivity index (χ3v) is 4.84. The quantitative estimate of drug-likeness (QED) is 0.923. The van der Waals surface area contributed by atoms with E-state index in [0.29, 0.717) is 12.2 Å². The van der Waals surface area contributed by atoms with Crippen molar-refractivity contribution in [3.63, 3.8) is 0 Å². The number of pyridine rings is 1. The highest BCUT2D eigenvalue weighted by atomic mass is 16.7. The van der Waals surface area contributed by atoms with Crippen LogP contribution in [0.4, 0.5) is 0 Å². The number of hydrogen-bond donors (Lipinski definition) is 1. The third kappa shape index (κ3) is 2.93. The lowest BCUT2D eigenvalue weighted by atomic mass is 9.99. The second-order valence-corrected chi connectivity index (χ2v) is 6.51. The van der Waals surface area contributed by atoms with Gasteiger partial charge >= 0.3 is 5.97 Å². The number of benzene rings is 1. The zero-order valence-electron chi connectivity index (χ0n) is 14.0. The Kier molecular flexibility index (Phi) is 4.05. The van der Waals surface area contributed by atoms with Crippen LogP contribution in [0.1, 0.15) is 35.7 Å². The van der Waals surface area contributed by atoms with Gasteiger partial charge in [0.05, 0.1) is 11.7 Å². The summed E-state index contributed by atoms with van der Waals surface area (Å²) in [5.41, 5.74) is 2.88. The first-order chi connectivity index (χ1) is 12.1. The Morgan fingerprint density at radius 3 is 2.88 bits per heavy atom. The van der Waals surface area contributed by atoms with Gasteiger partial charge in [-0.3, -0.25) is 14.7 Å². The molecule has 4 rings (SSSR count). The van der Waals surface area contributed by atoms with Crippen LogP contribution in [0, 0.1) is 6.92 Å². The number of rotatable bonds is 4. The monoisotopic (exact) mass is 340 g/mol. The number of carboxylic acids is 1. The fourth-order valence-electron chi connectivity index (χ4n) is 3.62. The lowest BCUT2D eigenvalue weighted by Gasteiger charge is -2.31. The summed E-state index contributed by atoms with van der Waals surface area (Å²) in [5.74, 6) is 0.631. The predicted molar refractivity (Wildman–Crippen MR) is 90.7 cm³/mol. The van der Waals surface area contributed by atoms with Crippen molar-refractivity contribution in [1.82, 2.24) is 9.88 Å². The predicted octanol–water partition coefficient (Wildman–Crippen LogP) is 2.76. The average Bonchev–Trinajstić information content (AvgIpc) is 3.25. The molecule has 0 bridgehead atoms. The van der Waals surface area contributed by atoms with Gasteiger partial charge in [0.25, 0.3) is 0 Å². The van der Waals surface area contributed by atoms with Crippen LogP contribution in [0.2, 0.25) is 0 Å². The van der Waals surface area contributed by atoms with E-state index in [-0.39, 0.29) is 12.8 Å². The number of aryl methyl sites for hydroxylation is 1. The van der Waals surface area contributed by atoms with Gasteiger partial charge in [-0.15, -0.1) is 0 Å². The molecule has 2 aliphatic heterocycles. The van der Waals surface area contributed by atoms with E-state index in [2.05, 4.69) is 4.98 Å². The zero-order valence-corrected chi connectivity index (χ0v) is 14.0. The van der Waals surface area contributed by atoms with Crippen molar-refractivity contribution in [2.24, 2.45) is 0 Å². The molecule has 6 nitrogen and oxygen atoms in total. The Bertz CT molecular complexity index is 791. The first kappa shape index (κ1) is 15.9. The van der Waals surface area contributed by atoms with Gasteiger partial charge in [-0.05, 0) is 49.1 Å². The highest BCUT2D eigenvalue weighted by Gasteiger charge is 2.37. The number of likely N-dealkylation sites (tertiary alicyclic amines) is 1. The molecule has 0 amide bonds. The smallest absolute Gasteiger partial charge is 0.320 e. The number of aliphatic carboxylic acids is 1. The van der Waals surface area contributed by atoms with Crippen molar-refractivity contribution in [3.05, 3.63) is 53.3 Å². The molecule has 2 aromatic rings. The van der Waals surface area contributed by atoms with Crippen LogP contribution in [0.3, 0.4) is 0 Å². The van der Waals surface area contributed by atoms with Crippen LogP contribution < -0.4 is 9.47 Å². The van der Waals surface area contributed by atoms with Gasteiger partial charge in [0, 0.05) is 12.7 Å². The van der Waals surface area contributed by atoms with Gasteiger partial charge in [-0.1, -0.05) is 12.1 Å². The van der Waals surface area contributed by atoms with Crippen molar-refractivity contribution in [3.8, 4) is 11.5 Å². The Morgan fingerprint density at radius 2 is 2.12 bits per heavy atom. The number of hydrogen-bond acceptors (Lipinski definition) is 5. The molecule has 0 saturated carbocycles. The van der Waals surface area contributed by atoms with Gasteiger partial charge in [0.1, 0.15) is 6.04 Å². The molecule has 1 aromatic heterocycles. The summed E-state index contributed by atoms with van der Waals surface area (Å²) in [6.07, 6.45) is 3.34. The van der Waals surface area contributed by atoms with Crippen LogP contribution in [-0.2, 0) is 4.79 Å². The van der Waals surface area contributed by atoms with Gasteiger partial charge in [-0.2, -0.15) is 0 Å². The van der Waals surface area contributed by atoms with Crippen molar-refractivity contribution < 1.29 is 19.4 Å². The zero-order chi connectivity index (χ0) is 17.4. The maximum atomic E-state index is 11.7. The summed E-state index contributed by atoms with van der Waals surface area (Å²) in [7, 11) is 0. The number of fused-ring (bicyclic) bond motifs is 1. The molecule has 2 atom stereocenters. The summed E-state index contributed by atoms with van der Waals surface area (Å²) in [6, 6.07) is 9.04. The normalized spacial score (nSPS) is 20.6. The molecule has 0 spiro atoms. The molecule has 1 aromatic carbocycles. The van der Waals surface area contributed by atoms with E-state index in [1.54, 1.807) is 0 Å². The van der Waals surface area contributed by atoms with E-state index >= 15 is 0 Å². The molecule has 25 heavy (non-hydrogen) atoms. The highest BCUT2D eigenvalue weighted by molar-refractivity contribution is 5.74. The molecule has 2 aliphatic rings. The third-order valence-electron chi connectivity index (χ3n) is 4.84. The van der Waals surface area contributed by atoms with Crippen LogP contribution in [0.5, 0.6) is 11.5 Å². The van der Waals surface area contributed by atoms with Gasteiger partial charge in [0.15, 0.2) is 11.5 Å². The number of ether oxygens (including phenoxy) is 2. The van der Waals surface area contributed by atoms with Gasteiger partial charge < -0.3 is 14.6 Å². The molecule has 0 radical (unpaired) electrons. The molecule has 2 unspecified atom stereocenters. The van der Waals surface area contributed by atoms with Crippen molar-refractivity contribution in [2.45, 2.75) is 31.8 Å². The number of nitrogens with zero attached hydrogens (tertiary/aromatic N) is 2. The fraction of sp³-hybridized carbons (Fsp3) is 0.368. The molecule has 1 fully saturated rings. The minimum absolute atomic E-state index is 0.216. The summed E-state index contributed by atoms with van der Waals surface area (Å²) >= 11 is 0. The Morgan fingerprint density at radius 1 is 1.28 bits per heavy atom. The number of carbonyl (C=O) groups is 1. The highest BCUT2D eigenvalue weighted by Crippen LogP contribution is 2.39. The maximum Gasteiger partial charge on any atom is 0.320 e. The van der Waals surface area contributed by atoms with Gasteiger partial charge in [-0.25, -0.2) is 0 Å². The maximum absolute atomic E-state index is 11.7. The molecule has 130 valence electrons. The lowest BCUT2D eigenvalue weighted by Crippen LogP contribution is -2.39. The standard InChI is InChI=1S/C19H20N2O4/c1-12-4-6-14(20-10-12)18(21-8-2-3-15(21)19(22)23)13-5-7-16-17(9-13)25-11-24-16/h4-7,9-10,15,18H,2-3,8,11H2,1H3,(H,22,23). The van der Waals surface area contributed by atoms with Crippen LogP contribution in [0.25, 0.3) is 0 Å². The van der Waals surface area contributed by atoms with Crippen molar-refractivity contribution in [2.75, 3.05) is 13.3 Å². The van der Waals surface area contributed by atoms with Crippen molar-refractivity contribution in [1.29, 1.82) is 0 Å². The Hall–Kier alpha value is -2.60. The minimum atomic E-state index is -0.782. The van der Waals surface area contributed by atoms with Crippen molar-refractivity contribution >= 4 is 5.97 Å². The molecular formula is C19H20N2O4. The second kappa shape index (κ2) is 6.37. The summed E-state index contributed by atoms with van der Waals surface area (Å²) < 4.78 is 10.9. The molecule has 0 aliphatic carbocycles. The van der Waals surface area contributed by atoms with Crippen LogP contribution >= 0.6 is 0 Å². The first-order valence-electron chi connectivity index (χ1n) is 8.44. The number of carboxylic acid groups (broad SMARTS) is 1. The van der Waals surface area contributed by atoms with E-state index in [0.717, 1.165) is 35.5 Å². The summed E-state index contributed by atoms with van der Waals surface area (Å²) in [4.78, 5) is 18.3. The minimum Gasteiger partial charge on any atom is -0.480 e. The first-order valence-corrected chi connectivity index (χ1v) is 8.44. The van der Waals surface area contributed by atoms with E-state index in [9.17, 15) is 9.90 Å². The van der Waals surface area contributed by atoms with E-state index in [4.69, 9.17) is 9.47 Å². The van der Waals surface area contributed by atoms with E-state index in [1.807, 2.05) is 48.4 Å². The topological polar surface area (TPSA) is 71.9 Å². The molecule has 3 heterocycles. The SMILES string of the molecule is Cc1ccc(C(c2ccc3c(c2)OCO3)N2CCCC2C(=O)O)nc1. The van der Waals surface area contributed by atoms with E-state index < -0.39 is 12.0 Å². The molecule has 1 N–H and O–H groups in total. The molecule has 6 heteroatoms. The molecular weight excluding hydrogens is 320 g/mol. The summed E-state index contributed by atoms with van der Waals surface area (Å²) in [5, 5.41) is 9.62. The van der Waals surface area contributed by atoms with E-state index in [1.165, 1.54) is 0 Å².